The first-order chi connectivity index (χ1) is 10.1. The van der Waals surface area contributed by atoms with E-state index in [2.05, 4.69) is 30.2 Å². The summed E-state index contributed by atoms with van der Waals surface area (Å²) < 4.78 is 14.0. The molecule has 0 aliphatic heterocycles. The number of nitrogens with zero attached hydrogens (tertiary/aromatic N) is 3. The van der Waals surface area contributed by atoms with Crippen molar-refractivity contribution in [3.63, 3.8) is 0 Å². The van der Waals surface area contributed by atoms with Crippen molar-refractivity contribution in [1.29, 1.82) is 0 Å². The largest absolute Gasteiger partial charge is 0.874 e. The summed E-state index contributed by atoms with van der Waals surface area (Å²) in [6.07, 6.45) is -2.94. The molecular weight excluding hydrogens is 299 g/mol. The number of rotatable bonds is 6. The zero-order valence-electron chi connectivity index (χ0n) is 13.4. The van der Waals surface area contributed by atoms with Gasteiger partial charge in [0.25, 0.3) is 0 Å². The van der Waals surface area contributed by atoms with Crippen LogP contribution in [0.3, 0.4) is 0 Å². The van der Waals surface area contributed by atoms with E-state index in [0.717, 1.165) is 0 Å². The zero-order chi connectivity index (χ0) is 17.3. The van der Waals surface area contributed by atoms with Crippen LogP contribution in [0.4, 0.5) is 14.4 Å². The van der Waals surface area contributed by atoms with Crippen molar-refractivity contribution >= 4 is 25.6 Å². The van der Waals surface area contributed by atoms with Gasteiger partial charge in [-0.3, -0.25) is 16.3 Å². The van der Waals surface area contributed by atoms with Crippen molar-refractivity contribution in [3.8, 4) is 0 Å². The molecule has 0 unspecified atom stereocenters. The number of carbonyl (C=O) groups excluding carboxylic acids is 3. The smallest absolute Gasteiger partial charge is 0.444 e. The molecule has 0 aliphatic rings. The first-order valence-electron chi connectivity index (χ1n) is 6.04. The summed E-state index contributed by atoms with van der Waals surface area (Å²) in [6, 6.07) is 0. The maximum atomic E-state index is 11.5. The lowest BCUT2D eigenvalue weighted by Gasteiger charge is -2.18. The van der Waals surface area contributed by atoms with Gasteiger partial charge in [0, 0.05) is 42.3 Å². The number of amides is 3. The van der Waals surface area contributed by atoms with Crippen LogP contribution in [0.5, 0.6) is 0 Å². The van der Waals surface area contributed by atoms with Gasteiger partial charge in [0.2, 0.25) is 0 Å². The van der Waals surface area contributed by atoms with E-state index in [9.17, 15) is 14.4 Å². The Labute approximate surface area is 128 Å². The Bertz CT molecular complexity index is 336. The van der Waals surface area contributed by atoms with Gasteiger partial charge >= 0.3 is 25.6 Å². The second-order valence-electron chi connectivity index (χ2n) is 4.52. The molecule has 126 valence electrons. The molecule has 22 heavy (non-hydrogen) atoms. The Hall–Kier alpha value is -2.25. The average Bonchev–Trinajstić information content (AvgIpc) is 2.23. The molecule has 0 saturated heterocycles. The maximum Gasteiger partial charge on any atom is 0.874 e. The summed E-state index contributed by atoms with van der Waals surface area (Å²) in [5.41, 5.74) is 6.69. The van der Waals surface area contributed by atoms with Crippen molar-refractivity contribution in [1.82, 2.24) is 31.3 Å². The standard InChI is InChI=1S/C9H21BN6O6/c1-14(2)11-7(17)20-10(21-8(18)12-15(3)4)22-9(19)13-16(5)6/h1-6H3,(H,11,17)(H,12,18)(H,13,19). The Morgan fingerprint density at radius 3 is 1.05 bits per heavy atom. The molecule has 3 amide bonds. The lowest BCUT2D eigenvalue weighted by molar-refractivity contribution is 0.106. The molecule has 0 bridgehead atoms. The molecule has 0 rings (SSSR count). The molecule has 13 heteroatoms. The summed E-state index contributed by atoms with van der Waals surface area (Å²) in [4.78, 5) is 34.4. The summed E-state index contributed by atoms with van der Waals surface area (Å²) in [6.45, 7) is 0. The van der Waals surface area contributed by atoms with Gasteiger partial charge in [-0.25, -0.2) is 29.4 Å². The van der Waals surface area contributed by atoms with E-state index in [1.807, 2.05) is 0 Å². The van der Waals surface area contributed by atoms with E-state index in [0.29, 0.717) is 0 Å². The quantitative estimate of drug-likeness (QED) is 0.399. The van der Waals surface area contributed by atoms with Crippen molar-refractivity contribution in [3.05, 3.63) is 0 Å². The van der Waals surface area contributed by atoms with Gasteiger partial charge in [0.15, 0.2) is 0 Å². The fourth-order valence-electron chi connectivity index (χ4n) is 0.961. The van der Waals surface area contributed by atoms with E-state index >= 15 is 0 Å². The number of hydrazine groups is 3. The van der Waals surface area contributed by atoms with Crippen LogP contribution in [0.25, 0.3) is 0 Å². The molecule has 0 radical (unpaired) electrons. The van der Waals surface area contributed by atoms with Crippen LogP contribution in [0, 0.1) is 0 Å². The molecule has 0 heterocycles. The lowest BCUT2D eigenvalue weighted by atomic mass is 10.2. The predicted octanol–water partition coefficient (Wildman–Crippen LogP) is -1.42. The van der Waals surface area contributed by atoms with Gasteiger partial charge in [-0.15, -0.1) is 0 Å². The highest BCUT2D eigenvalue weighted by molar-refractivity contribution is 6.43. The molecule has 0 spiro atoms. The average molecular weight is 320 g/mol. The van der Waals surface area contributed by atoms with E-state index in [4.69, 9.17) is 0 Å². The molecule has 0 fully saturated rings. The molecule has 0 saturated carbocycles. The van der Waals surface area contributed by atoms with Gasteiger partial charge in [-0.05, 0) is 0 Å². The van der Waals surface area contributed by atoms with Crippen LogP contribution in [0.15, 0.2) is 0 Å². The van der Waals surface area contributed by atoms with Crippen molar-refractivity contribution in [2.45, 2.75) is 0 Å². The Morgan fingerprint density at radius 2 is 0.864 bits per heavy atom. The van der Waals surface area contributed by atoms with Crippen LogP contribution >= 0.6 is 0 Å². The Kier molecular flexibility index (Phi) is 8.66. The lowest BCUT2D eigenvalue weighted by Crippen LogP contribution is -2.48. The fraction of sp³-hybridized carbons (Fsp3) is 0.667. The fourth-order valence-corrected chi connectivity index (χ4v) is 0.961. The van der Waals surface area contributed by atoms with E-state index in [-0.39, 0.29) is 0 Å². The van der Waals surface area contributed by atoms with E-state index in [1.165, 1.54) is 57.3 Å². The number of hydrogen-bond donors (Lipinski definition) is 3. The van der Waals surface area contributed by atoms with Crippen molar-refractivity contribution < 1.29 is 28.3 Å². The van der Waals surface area contributed by atoms with Crippen LogP contribution < -0.4 is 16.3 Å². The van der Waals surface area contributed by atoms with Crippen LogP contribution in [0.2, 0.25) is 0 Å². The highest BCUT2D eigenvalue weighted by atomic mass is 16.8. The van der Waals surface area contributed by atoms with Gasteiger partial charge < -0.3 is 14.0 Å². The molecule has 12 nitrogen and oxygen atoms in total. The molecule has 0 aliphatic carbocycles. The molecular formula is C9H21BN6O6. The Balaban J connectivity index is 4.64. The summed E-state index contributed by atoms with van der Waals surface area (Å²) >= 11 is 0. The molecule has 3 N–H and O–H groups in total. The molecule has 0 aromatic carbocycles. The van der Waals surface area contributed by atoms with Crippen LogP contribution in [-0.4, -0.2) is 82.9 Å². The predicted molar refractivity (Wildman–Crippen MR) is 75.7 cm³/mol. The van der Waals surface area contributed by atoms with Gasteiger partial charge in [-0.2, -0.15) is 0 Å². The summed E-state index contributed by atoms with van der Waals surface area (Å²) in [5, 5.41) is 3.87. The third kappa shape index (κ3) is 10.5. The highest BCUT2D eigenvalue weighted by Gasteiger charge is 2.37. The van der Waals surface area contributed by atoms with Crippen molar-refractivity contribution in [2.24, 2.45) is 0 Å². The monoisotopic (exact) mass is 320 g/mol. The van der Waals surface area contributed by atoms with Crippen molar-refractivity contribution in [2.75, 3.05) is 42.3 Å². The first-order valence-corrected chi connectivity index (χ1v) is 6.04. The minimum absolute atomic E-state index is 0.981. The first kappa shape index (κ1) is 19.8. The van der Waals surface area contributed by atoms with E-state index < -0.39 is 25.6 Å². The summed E-state index contributed by atoms with van der Waals surface area (Å²) in [7, 11) is 7.35. The van der Waals surface area contributed by atoms with Gasteiger partial charge in [0.1, 0.15) is 0 Å². The number of carbonyl (C=O) groups is 3. The normalized spacial score (nSPS) is 10.2. The molecule has 0 aromatic rings. The Morgan fingerprint density at radius 1 is 0.636 bits per heavy atom. The van der Waals surface area contributed by atoms with Crippen LogP contribution in [0.1, 0.15) is 0 Å². The topological polar surface area (TPSA) is 125 Å². The van der Waals surface area contributed by atoms with E-state index in [1.54, 1.807) is 0 Å². The third-order valence-corrected chi connectivity index (χ3v) is 1.55. The second kappa shape index (κ2) is 9.65. The number of hydrogen-bond acceptors (Lipinski definition) is 9. The third-order valence-electron chi connectivity index (χ3n) is 1.55. The van der Waals surface area contributed by atoms with Crippen LogP contribution in [-0.2, 0) is 14.0 Å². The highest BCUT2D eigenvalue weighted by Crippen LogP contribution is 1.96. The summed E-state index contributed by atoms with van der Waals surface area (Å²) in [5.74, 6) is 0. The maximum absolute atomic E-state index is 11.5. The molecule has 0 atom stereocenters. The SMILES string of the molecule is CN(C)NC(=O)OB(OC(=O)NN(C)C)OC(=O)NN(C)C. The second-order valence-corrected chi connectivity index (χ2v) is 4.52. The minimum atomic E-state index is -1.88. The van der Waals surface area contributed by atoms with Gasteiger partial charge in [-0.1, -0.05) is 0 Å². The van der Waals surface area contributed by atoms with Gasteiger partial charge in [0.05, 0.1) is 0 Å². The minimum Gasteiger partial charge on any atom is -0.444 e. The zero-order valence-corrected chi connectivity index (χ0v) is 13.4. The number of nitrogens with one attached hydrogen (secondary N) is 3. The molecule has 0 aromatic heterocycles.